The van der Waals surface area contributed by atoms with Crippen LogP contribution in [0.4, 0.5) is 0 Å². The smallest absolute Gasteiger partial charge is 0.251 e. The molecule has 0 radical (unpaired) electrons. The van der Waals surface area contributed by atoms with Crippen molar-refractivity contribution in [3.05, 3.63) is 57.6 Å². The Bertz CT molecular complexity index is 821. The summed E-state index contributed by atoms with van der Waals surface area (Å²) in [5.41, 5.74) is 2.61. The van der Waals surface area contributed by atoms with Gasteiger partial charge in [-0.2, -0.15) is 0 Å². The van der Waals surface area contributed by atoms with Crippen LogP contribution >= 0.6 is 11.3 Å². The molecule has 0 atom stereocenters. The van der Waals surface area contributed by atoms with Gasteiger partial charge in [-0.05, 0) is 30.7 Å². The lowest BCUT2D eigenvalue weighted by molar-refractivity contribution is -0.127. The van der Waals surface area contributed by atoms with Gasteiger partial charge < -0.3 is 10.2 Å². The lowest BCUT2D eigenvalue weighted by Gasteiger charge is -2.33. The van der Waals surface area contributed by atoms with E-state index in [1.807, 2.05) is 24.0 Å². The molecule has 6 nitrogen and oxygen atoms in total. The second-order valence-electron chi connectivity index (χ2n) is 6.49. The van der Waals surface area contributed by atoms with Crippen molar-refractivity contribution in [2.45, 2.75) is 13.5 Å². The van der Waals surface area contributed by atoms with Crippen molar-refractivity contribution in [2.75, 3.05) is 33.2 Å². The lowest BCUT2D eigenvalue weighted by atomic mass is 10.1. The lowest BCUT2D eigenvalue weighted by Crippen LogP contribution is -2.47. The van der Waals surface area contributed by atoms with Gasteiger partial charge in [-0.15, -0.1) is 11.3 Å². The second-order valence-corrected chi connectivity index (χ2v) is 7.56. The van der Waals surface area contributed by atoms with E-state index in [2.05, 4.69) is 20.6 Å². The van der Waals surface area contributed by atoms with E-state index in [1.165, 1.54) is 0 Å². The molecule has 0 spiro atoms. The van der Waals surface area contributed by atoms with Crippen molar-refractivity contribution in [3.63, 3.8) is 0 Å². The Morgan fingerprint density at radius 2 is 1.89 bits per heavy atom. The topological polar surface area (TPSA) is 65.5 Å². The fraction of sp³-hybridized carbons (Fsp3) is 0.350. The quantitative estimate of drug-likeness (QED) is 0.803. The van der Waals surface area contributed by atoms with Crippen LogP contribution in [0.5, 0.6) is 0 Å². The summed E-state index contributed by atoms with van der Waals surface area (Å²) in [4.78, 5) is 32.7. The van der Waals surface area contributed by atoms with Crippen LogP contribution in [0.1, 0.15) is 26.6 Å². The highest BCUT2D eigenvalue weighted by atomic mass is 32.1. The number of rotatable bonds is 5. The Kier molecular flexibility index (Phi) is 6.36. The predicted molar refractivity (Wildman–Crippen MR) is 108 cm³/mol. The monoisotopic (exact) mass is 384 g/mol. The van der Waals surface area contributed by atoms with Crippen molar-refractivity contribution in [3.8, 4) is 0 Å². The van der Waals surface area contributed by atoms with Gasteiger partial charge in [-0.1, -0.05) is 12.1 Å². The van der Waals surface area contributed by atoms with Crippen molar-refractivity contribution >= 4 is 29.2 Å². The number of carbonyl (C=O) groups is 2. The summed E-state index contributed by atoms with van der Waals surface area (Å²) in [6.07, 6.45) is 3.40. The minimum absolute atomic E-state index is 0.0227. The van der Waals surface area contributed by atoms with Crippen molar-refractivity contribution in [2.24, 2.45) is 0 Å². The van der Waals surface area contributed by atoms with Gasteiger partial charge in [-0.25, -0.2) is 4.98 Å². The molecule has 2 heterocycles. The molecule has 0 bridgehead atoms. The summed E-state index contributed by atoms with van der Waals surface area (Å²) < 4.78 is 0. The van der Waals surface area contributed by atoms with Crippen LogP contribution in [0.2, 0.25) is 0 Å². The molecule has 1 saturated heterocycles. The van der Waals surface area contributed by atoms with E-state index in [0.717, 1.165) is 49.0 Å². The molecule has 2 aromatic rings. The molecular weight excluding hydrogens is 360 g/mol. The molecule has 0 aliphatic carbocycles. The average Bonchev–Trinajstić information content (AvgIpc) is 3.11. The highest BCUT2D eigenvalue weighted by Crippen LogP contribution is 2.13. The van der Waals surface area contributed by atoms with Gasteiger partial charge in [0, 0.05) is 56.8 Å². The van der Waals surface area contributed by atoms with Crippen molar-refractivity contribution in [1.29, 1.82) is 0 Å². The summed E-state index contributed by atoms with van der Waals surface area (Å²) in [6, 6.07) is 7.17. The molecule has 1 aromatic carbocycles. The van der Waals surface area contributed by atoms with E-state index < -0.39 is 0 Å². The van der Waals surface area contributed by atoms with Gasteiger partial charge >= 0.3 is 0 Å². The number of aromatic nitrogens is 1. The molecule has 1 fully saturated rings. The van der Waals surface area contributed by atoms with Gasteiger partial charge in [0.2, 0.25) is 5.91 Å². The third-order valence-corrected chi connectivity index (χ3v) is 5.38. The van der Waals surface area contributed by atoms with E-state index in [0.29, 0.717) is 5.56 Å². The van der Waals surface area contributed by atoms with Gasteiger partial charge in [0.05, 0.1) is 10.7 Å². The zero-order valence-corrected chi connectivity index (χ0v) is 16.5. The molecule has 1 aliphatic rings. The number of thiazole rings is 1. The van der Waals surface area contributed by atoms with E-state index >= 15 is 0 Å². The predicted octanol–water partition coefficient (Wildman–Crippen LogP) is 2.17. The largest absolute Gasteiger partial charge is 0.355 e. The molecule has 27 heavy (non-hydrogen) atoms. The number of amides is 2. The first-order chi connectivity index (χ1) is 13.0. The summed E-state index contributed by atoms with van der Waals surface area (Å²) in [5.74, 6) is -0.0955. The van der Waals surface area contributed by atoms with Gasteiger partial charge in [0.1, 0.15) is 0 Å². The average molecular weight is 385 g/mol. The third-order valence-electron chi connectivity index (χ3n) is 4.55. The maximum absolute atomic E-state index is 12.4. The number of nitrogens with zero attached hydrogens (tertiary/aromatic N) is 3. The number of hydrogen-bond donors (Lipinski definition) is 1. The molecule has 3 rings (SSSR count). The Morgan fingerprint density at radius 1 is 1.19 bits per heavy atom. The van der Waals surface area contributed by atoms with Crippen LogP contribution in [0.15, 0.2) is 35.7 Å². The number of piperazine rings is 1. The highest BCUT2D eigenvalue weighted by molar-refractivity contribution is 7.09. The van der Waals surface area contributed by atoms with Crippen LogP contribution in [-0.2, 0) is 11.3 Å². The van der Waals surface area contributed by atoms with Crippen molar-refractivity contribution < 1.29 is 9.59 Å². The van der Waals surface area contributed by atoms with E-state index in [4.69, 9.17) is 0 Å². The van der Waals surface area contributed by atoms with Crippen LogP contribution in [0.3, 0.4) is 0 Å². The van der Waals surface area contributed by atoms with E-state index in [-0.39, 0.29) is 11.8 Å². The molecule has 0 unspecified atom stereocenters. The Hall–Kier alpha value is -2.51. The van der Waals surface area contributed by atoms with Gasteiger partial charge in [0.25, 0.3) is 5.91 Å². The number of aryl methyl sites for hydroxylation is 1. The fourth-order valence-electron chi connectivity index (χ4n) is 3.00. The molecular formula is C20H24N4O2S. The minimum atomic E-state index is -0.118. The molecule has 2 amide bonds. The number of carbonyl (C=O) groups excluding carboxylic acids is 2. The number of benzene rings is 1. The first-order valence-electron chi connectivity index (χ1n) is 8.97. The molecule has 1 N–H and O–H groups in total. The van der Waals surface area contributed by atoms with Crippen LogP contribution in [0.25, 0.3) is 6.08 Å². The normalized spacial score (nSPS) is 15.3. The first kappa shape index (κ1) is 19.3. The van der Waals surface area contributed by atoms with E-state index in [9.17, 15) is 9.59 Å². The Morgan fingerprint density at radius 3 is 2.48 bits per heavy atom. The summed E-state index contributed by atoms with van der Waals surface area (Å²) in [6.45, 7) is 6.03. The first-order valence-corrected chi connectivity index (χ1v) is 9.85. The zero-order chi connectivity index (χ0) is 19.2. The van der Waals surface area contributed by atoms with Gasteiger partial charge in [-0.3, -0.25) is 14.5 Å². The zero-order valence-electron chi connectivity index (χ0n) is 15.6. The highest BCUT2D eigenvalue weighted by Gasteiger charge is 2.20. The molecule has 1 aromatic heterocycles. The molecule has 1 aliphatic heterocycles. The standard InChI is InChI=1S/C20H24N4O2S/c1-15-22-18(14-27-15)13-23-9-11-24(12-10-23)19(25)8-5-16-3-6-17(7-4-16)20(26)21-2/h3-8,14H,9-13H2,1-2H3,(H,21,26). The molecule has 142 valence electrons. The summed E-state index contributed by atoms with van der Waals surface area (Å²) in [5, 5.41) is 5.78. The minimum Gasteiger partial charge on any atom is -0.355 e. The molecule has 7 heteroatoms. The van der Waals surface area contributed by atoms with Crippen LogP contribution in [0, 0.1) is 6.92 Å². The number of hydrogen-bond acceptors (Lipinski definition) is 5. The maximum atomic E-state index is 12.4. The van der Waals surface area contributed by atoms with Crippen molar-refractivity contribution in [1.82, 2.24) is 20.1 Å². The Labute approximate surface area is 163 Å². The van der Waals surface area contributed by atoms with Gasteiger partial charge in [0.15, 0.2) is 0 Å². The SMILES string of the molecule is CNC(=O)c1ccc(C=CC(=O)N2CCN(Cc3csc(C)n3)CC2)cc1. The van der Waals surface area contributed by atoms with Crippen LogP contribution < -0.4 is 5.32 Å². The van der Waals surface area contributed by atoms with E-state index in [1.54, 1.807) is 42.7 Å². The fourth-order valence-corrected chi connectivity index (χ4v) is 3.60. The molecule has 0 saturated carbocycles. The second kappa shape index (κ2) is 8.92. The van der Waals surface area contributed by atoms with Crippen LogP contribution in [-0.4, -0.2) is 59.8 Å². The maximum Gasteiger partial charge on any atom is 0.251 e. The third kappa shape index (κ3) is 5.24. The summed E-state index contributed by atoms with van der Waals surface area (Å²) >= 11 is 1.67. The Balaban J connectivity index is 1.49. The summed E-state index contributed by atoms with van der Waals surface area (Å²) in [7, 11) is 1.60. The number of nitrogens with one attached hydrogen (secondary N) is 1.